The number of anilines is 1. The molecule has 0 aliphatic rings. The maximum atomic E-state index is 13.6. The highest BCUT2D eigenvalue weighted by molar-refractivity contribution is 6.04. The van der Waals surface area contributed by atoms with Gasteiger partial charge in [0, 0.05) is 17.3 Å². The second-order valence-electron chi connectivity index (χ2n) is 5.72. The van der Waals surface area contributed by atoms with E-state index in [2.05, 4.69) is 5.32 Å². The number of carbonyl (C=O) groups excluding carboxylic acids is 2. The van der Waals surface area contributed by atoms with E-state index in [1.807, 2.05) is 18.2 Å². The van der Waals surface area contributed by atoms with Crippen molar-refractivity contribution in [1.29, 1.82) is 0 Å². The van der Waals surface area contributed by atoms with E-state index in [1.54, 1.807) is 36.4 Å². The van der Waals surface area contributed by atoms with Crippen LogP contribution in [0.4, 0.5) is 14.5 Å². The van der Waals surface area contributed by atoms with Gasteiger partial charge in [-0.3, -0.25) is 4.79 Å². The lowest BCUT2D eigenvalue weighted by atomic mass is 10.1. The Labute approximate surface area is 154 Å². The molecular weight excluding hydrogens is 352 g/mol. The first-order chi connectivity index (χ1) is 13.0. The van der Waals surface area contributed by atoms with Crippen molar-refractivity contribution < 1.29 is 23.1 Å². The number of para-hydroxylation sites is 1. The average molecular weight is 367 g/mol. The molecule has 0 heterocycles. The van der Waals surface area contributed by atoms with E-state index < -0.39 is 17.6 Å². The fraction of sp³-hybridized carbons (Fsp3) is 0.0476. The summed E-state index contributed by atoms with van der Waals surface area (Å²) in [6.45, 7) is -0.101. The zero-order valence-electron chi connectivity index (χ0n) is 14.1. The Hall–Kier alpha value is -3.54. The Morgan fingerprint density at radius 2 is 1.59 bits per heavy atom. The summed E-state index contributed by atoms with van der Waals surface area (Å²) in [6.07, 6.45) is 0. The van der Waals surface area contributed by atoms with E-state index >= 15 is 0 Å². The highest BCUT2D eigenvalue weighted by atomic mass is 19.1. The van der Waals surface area contributed by atoms with Gasteiger partial charge in [0.25, 0.3) is 5.91 Å². The zero-order chi connectivity index (χ0) is 19.2. The topological polar surface area (TPSA) is 55.4 Å². The molecule has 136 valence electrons. The van der Waals surface area contributed by atoms with Gasteiger partial charge in [-0.25, -0.2) is 13.6 Å². The number of rotatable bonds is 5. The molecule has 3 aromatic rings. The molecule has 0 fully saturated rings. The van der Waals surface area contributed by atoms with E-state index in [0.29, 0.717) is 22.9 Å². The van der Waals surface area contributed by atoms with Crippen LogP contribution < -0.4 is 5.32 Å². The van der Waals surface area contributed by atoms with Crippen LogP contribution in [-0.2, 0) is 11.3 Å². The van der Waals surface area contributed by atoms with Crippen molar-refractivity contribution in [3.05, 3.63) is 101 Å². The molecule has 4 nitrogen and oxygen atoms in total. The van der Waals surface area contributed by atoms with Crippen LogP contribution in [0.3, 0.4) is 0 Å². The van der Waals surface area contributed by atoms with Crippen molar-refractivity contribution in [2.75, 3.05) is 5.32 Å². The van der Waals surface area contributed by atoms with Crippen molar-refractivity contribution in [3.63, 3.8) is 0 Å². The van der Waals surface area contributed by atoms with Gasteiger partial charge >= 0.3 is 5.97 Å². The standard InChI is InChI=1S/C21H15F2NO3/c22-16-10-11-18(19(23)12-16)21(26)27-13-14-6-8-15(9-7-14)20(25)24-17-4-2-1-3-5-17/h1-12H,13H2,(H,24,25). The lowest BCUT2D eigenvalue weighted by Gasteiger charge is -2.08. The van der Waals surface area contributed by atoms with E-state index in [4.69, 9.17) is 4.74 Å². The Morgan fingerprint density at radius 1 is 0.889 bits per heavy atom. The molecule has 0 spiro atoms. The largest absolute Gasteiger partial charge is 0.457 e. The summed E-state index contributed by atoms with van der Waals surface area (Å²) in [5.41, 5.74) is 1.41. The Kier molecular flexibility index (Phi) is 5.56. The fourth-order valence-electron chi connectivity index (χ4n) is 2.36. The first kappa shape index (κ1) is 18.3. The van der Waals surface area contributed by atoms with Gasteiger partial charge in [0.05, 0.1) is 5.56 Å². The molecule has 1 N–H and O–H groups in total. The SMILES string of the molecule is O=C(Nc1ccccc1)c1ccc(COC(=O)c2ccc(F)cc2F)cc1. The van der Waals surface area contributed by atoms with Gasteiger partial charge in [0.1, 0.15) is 18.2 Å². The number of ether oxygens (including phenoxy) is 1. The smallest absolute Gasteiger partial charge is 0.341 e. The Morgan fingerprint density at radius 3 is 2.26 bits per heavy atom. The molecule has 0 saturated carbocycles. The zero-order valence-corrected chi connectivity index (χ0v) is 14.1. The lowest BCUT2D eigenvalue weighted by molar-refractivity contribution is 0.0467. The quantitative estimate of drug-likeness (QED) is 0.672. The van der Waals surface area contributed by atoms with E-state index in [0.717, 1.165) is 12.1 Å². The summed E-state index contributed by atoms with van der Waals surface area (Å²) in [5, 5.41) is 2.76. The third-order valence-electron chi connectivity index (χ3n) is 3.77. The minimum absolute atomic E-state index is 0.101. The maximum Gasteiger partial charge on any atom is 0.341 e. The molecule has 0 aliphatic carbocycles. The van der Waals surface area contributed by atoms with Crippen molar-refractivity contribution in [1.82, 2.24) is 0 Å². The number of carbonyl (C=O) groups is 2. The number of esters is 1. The summed E-state index contributed by atoms with van der Waals surface area (Å²) in [5.74, 6) is -2.90. The molecule has 3 aromatic carbocycles. The fourth-order valence-corrected chi connectivity index (χ4v) is 2.36. The van der Waals surface area contributed by atoms with Crippen LogP contribution in [0.1, 0.15) is 26.3 Å². The third kappa shape index (κ3) is 4.76. The molecule has 1 amide bonds. The molecule has 0 aliphatic heterocycles. The molecule has 0 radical (unpaired) electrons. The van der Waals surface area contributed by atoms with Crippen LogP contribution in [0.15, 0.2) is 72.8 Å². The maximum absolute atomic E-state index is 13.6. The molecule has 0 aromatic heterocycles. The number of hydrogen-bond acceptors (Lipinski definition) is 3. The van der Waals surface area contributed by atoms with Gasteiger partial charge in [-0.2, -0.15) is 0 Å². The van der Waals surface area contributed by atoms with Gasteiger partial charge in [-0.05, 0) is 42.0 Å². The number of hydrogen-bond donors (Lipinski definition) is 1. The van der Waals surface area contributed by atoms with Crippen molar-refractivity contribution in [2.24, 2.45) is 0 Å². The van der Waals surface area contributed by atoms with Crippen LogP contribution in [0.5, 0.6) is 0 Å². The van der Waals surface area contributed by atoms with E-state index in [-0.39, 0.29) is 18.1 Å². The van der Waals surface area contributed by atoms with Gasteiger partial charge in [0.15, 0.2) is 0 Å². The molecule has 0 bridgehead atoms. The summed E-state index contributed by atoms with van der Waals surface area (Å²) in [6, 6.07) is 18.1. The number of nitrogens with one attached hydrogen (secondary N) is 1. The molecule has 0 atom stereocenters. The van der Waals surface area contributed by atoms with Crippen LogP contribution in [-0.4, -0.2) is 11.9 Å². The van der Waals surface area contributed by atoms with Crippen LogP contribution in [0, 0.1) is 11.6 Å². The summed E-state index contributed by atoms with van der Waals surface area (Å²) >= 11 is 0. The van der Waals surface area contributed by atoms with Crippen molar-refractivity contribution >= 4 is 17.6 Å². The van der Waals surface area contributed by atoms with E-state index in [9.17, 15) is 18.4 Å². The minimum atomic E-state index is -0.979. The monoisotopic (exact) mass is 367 g/mol. The molecule has 3 rings (SSSR count). The van der Waals surface area contributed by atoms with Gasteiger partial charge < -0.3 is 10.1 Å². The van der Waals surface area contributed by atoms with E-state index in [1.165, 1.54) is 0 Å². The number of halogens is 2. The van der Waals surface area contributed by atoms with Crippen molar-refractivity contribution in [3.8, 4) is 0 Å². The molecular formula is C21H15F2NO3. The Bertz CT molecular complexity index is 957. The van der Waals surface area contributed by atoms with Gasteiger partial charge in [-0.1, -0.05) is 30.3 Å². The predicted molar refractivity (Wildman–Crippen MR) is 96.3 cm³/mol. The first-order valence-electron chi connectivity index (χ1n) is 8.10. The third-order valence-corrected chi connectivity index (χ3v) is 3.77. The summed E-state index contributed by atoms with van der Waals surface area (Å²) in [4.78, 5) is 24.1. The van der Waals surface area contributed by atoms with Crippen LogP contribution in [0.2, 0.25) is 0 Å². The van der Waals surface area contributed by atoms with Crippen LogP contribution in [0.25, 0.3) is 0 Å². The number of benzene rings is 3. The Balaban J connectivity index is 1.59. The lowest BCUT2D eigenvalue weighted by Crippen LogP contribution is -2.12. The summed E-state index contributed by atoms with van der Waals surface area (Å²) in [7, 11) is 0. The van der Waals surface area contributed by atoms with Crippen molar-refractivity contribution in [2.45, 2.75) is 6.61 Å². The highest BCUT2D eigenvalue weighted by Gasteiger charge is 2.14. The minimum Gasteiger partial charge on any atom is -0.457 e. The second kappa shape index (κ2) is 8.23. The van der Waals surface area contributed by atoms with Gasteiger partial charge in [0.2, 0.25) is 0 Å². The second-order valence-corrected chi connectivity index (χ2v) is 5.72. The molecule has 6 heteroatoms. The van der Waals surface area contributed by atoms with Crippen LogP contribution >= 0.6 is 0 Å². The summed E-state index contributed by atoms with van der Waals surface area (Å²) < 4.78 is 31.5. The number of amides is 1. The molecule has 27 heavy (non-hydrogen) atoms. The molecule has 0 saturated heterocycles. The normalized spacial score (nSPS) is 10.3. The first-order valence-corrected chi connectivity index (χ1v) is 8.10. The van der Waals surface area contributed by atoms with Gasteiger partial charge in [-0.15, -0.1) is 0 Å². The molecule has 0 unspecified atom stereocenters. The average Bonchev–Trinajstić information content (AvgIpc) is 2.67. The predicted octanol–water partition coefficient (Wildman–Crippen LogP) is 4.57. The highest BCUT2D eigenvalue weighted by Crippen LogP contribution is 2.14.